The third kappa shape index (κ3) is 7.30. The maximum atomic E-state index is 11.8. The van der Waals surface area contributed by atoms with Gasteiger partial charge in [-0.2, -0.15) is 8.78 Å². The summed E-state index contributed by atoms with van der Waals surface area (Å²) in [7, 11) is 0. The number of carboxylic acid groups (broad SMARTS) is 1. The van der Waals surface area contributed by atoms with E-state index in [-0.39, 0.29) is 18.8 Å². The van der Waals surface area contributed by atoms with E-state index in [9.17, 15) is 18.4 Å². The van der Waals surface area contributed by atoms with Gasteiger partial charge in [-0.3, -0.25) is 4.79 Å². The molecular formula is C13H17ClF2N2O4. The van der Waals surface area contributed by atoms with Crippen LogP contribution in [0.5, 0.6) is 0 Å². The number of halogens is 3. The van der Waals surface area contributed by atoms with Crippen molar-refractivity contribution < 1.29 is 28.2 Å². The highest BCUT2D eigenvalue weighted by atomic mass is 35.5. The van der Waals surface area contributed by atoms with Crippen LogP contribution in [0.3, 0.4) is 0 Å². The summed E-state index contributed by atoms with van der Waals surface area (Å²) < 4.78 is 27.6. The maximum Gasteiger partial charge on any atom is 0.345 e. The van der Waals surface area contributed by atoms with E-state index in [1.165, 1.54) is 0 Å². The van der Waals surface area contributed by atoms with Gasteiger partial charge in [0.2, 0.25) is 5.91 Å². The first-order valence-corrected chi connectivity index (χ1v) is 6.12. The second kappa shape index (κ2) is 10.0. The van der Waals surface area contributed by atoms with E-state index in [1.807, 2.05) is 0 Å². The minimum atomic E-state index is -3.04. The van der Waals surface area contributed by atoms with Crippen molar-refractivity contribution in [1.82, 2.24) is 5.32 Å². The number of carbonyl (C=O) groups excluding carboxylic acids is 1. The molecule has 0 aliphatic carbocycles. The van der Waals surface area contributed by atoms with Crippen LogP contribution in [0.4, 0.5) is 8.78 Å². The Morgan fingerprint density at radius 1 is 1.27 bits per heavy atom. The number of hydrogen-bond acceptors (Lipinski definition) is 4. The van der Waals surface area contributed by atoms with E-state index in [2.05, 4.69) is 10.1 Å². The van der Waals surface area contributed by atoms with Gasteiger partial charge in [-0.25, -0.2) is 4.79 Å². The fourth-order valence-electron chi connectivity index (χ4n) is 1.58. The van der Waals surface area contributed by atoms with Crippen LogP contribution in [0.25, 0.3) is 0 Å². The van der Waals surface area contributed by atoms with Gasteiger partial charge in [0.25, 0.3) is 0 Å². The zero-order valence-corrected chi connectivity index (χ0v) is 12.3. The molecule has 9 heteroatoms. The van der Waals surface area contributed by atoms with Gasteiger partial charge >= 0.3 is 12.6 Å². The second-order valence-electron chi connectivity index (χ2n) is 4.29. The van der Waals surface area contributed by atoms with Gasteiger partial charge in [-0.15, -0.1) is 12.4 Å². The quantitative estimate of drug-likeness (QED) is 0.650. The van der Waals surface area contributed by atoms with Gasteiger partial charge in [0.15, 0.2) is 0 Å². The Morgan fingerprint density at radius 3 is 2.36 bits per heavy atom. The number of alkyl halides is 2. The monoisotopic (exact) mass is 338 g/mol. The summed E-state index contributed by atoms with van der Waals surface area (Å²) in [5, 5.41) is 11.3. The third-order valence-corrected chi connectivity index (χ3v) is 2.64. The van der Waals surface area contributed by atoms with Gasteiger partial charge < -0.3 is 20.9 Å². The minimum Gasteiger partial charge on any atom is -0.480 e. The predicted molar refractivity (Wildman–Crippen MR) is 76.9 cm³/mol. The summed E-state index contributed by atoms with van der Waals surface area (Å²) in [4.78, 5) is 22.8. The molecule has 0 unspecified atom stereocenters. The number of benzene rings is 1. The lowest BCUT2D eigenvalue weighted by Gasteiger charge is -2.18. The van der Waals surface area contributed by atoms with Crippen LogP contribution < -0.4 is 11.1 Å². The zero-order valence-electron chi connectivity index (χ0n) is 11.4. The lowest BCUT2D eigenvalue weighted by Crippen LogP contribution is -2.51. The molecular weight excluding hydrogens is 322 g/mol. The first-order chi connectivity index (χ1) is 9.90. The average Bonchev–Trinajstić information content (AvgIpc) is 2.44. The fraction of sp³-hybridized carbons (Fsp3) is 0.385. The third-order valence-electron chi connectivity index (χ3n) is 2.64. The first kappa shape index (κ1) is 20.2. The SMILES string of the molecule is Cl.N[C@@H](COC(F)F)C(=O)N[C@@H](Cc1ccccc1)C(=O)O. The lowest BCUT2D eigenvalue weighted by atomic mass is 10.1. The summed E-state index contributed by atoms with van der Waals surface area (Å²) in [6, 6.07) is 6.10. The molecule has 6 nitrogen and oxygen atoms in total. The number of nitrogens with one attached hydrogen (secondary N) is 1. The standard InChI is InChI=1S/C13H16F2N2O4.ClH/c14-13(15)21-7-9(16)11(18)17-10(12(19)20)6-8-4-2-1-3-5-8;/h1-5,9-10,13H,6-7,16H2,(H,17,18)(H,19,20);1H/t9-,10-;/m0./s1. The Balaban J connectivity index is 0.00000441. The largest absolute Gasteiger partial charge is 0.480 e. The van der Waals surface area contributed by atoms with E-state index in [0.29, 0.717) is 5.56 Å². The highest BCUT2D eigenvalue weighted by Gasteiger charge is 2.24. The molecule has 2 atom stereocenters. The molecule has 124 valence electrons. The van der Waals surface area contributed by atoms with E-state index in [0.717, 1.165) is 0 Å². The maximum absolute atomic E-state index is 11.8. The Kier molecular flexibility index (Phi) is 9.23. The molecule has 0 aliphatic rings. The number of carboxylic acids is 1. The summed E-state index contributed by atoms with van der Waals surface area (Å²) in [5.74, 6) is -2.10. The van der Waals surface area contributed by atoms with Crippen LogP contribution in [0.2, 0.25) is 0 Å². The van der Waals surface area contributed by atoms with Crippen LogP contribution in [0.1, 0.15) is 5.56 Å². The summed E-state index contributed by atoms with van der Waals surface area (Å²) in [6.07, 6.45) is 0.0599. The highest BCUT2D eigenvalue weighted by molar-refractivity contribution is 5.87. The molecule has 0 bridgehead atoms. The number of aliphatic carboxylic acids is 1. The van der Waals surface area contributed by atoms with Crippen molar-refractivity contribution in [3.63, 3.8) is 0 Å². The molecule has 0 heterocycles. The van der Waals surface area contributed by atoms with Crippen molar-refractivity contribution in [2.45, 2.75) is 25.1 Å². The smallest absolute Gasteiger partial charge is 0.345 e. The highest BCUT2D eigenvalue weighted by Crippen LogP contribution is 2.04. The van der Waals surface area contributed by atoms with Crippen molar-refractivity contribution in [1.29, 1.82) is 0 Å². The zero-order chi connectivity index (χ0) is 15.8. The topological polar surface area (TPSA) is 102 Å². The molecule has 0 aromatic heterocycles. The van der Waals surface area contributed by atoms with Crippen molar-refractivity contribution in [2.24, 2.45) is 5.73 Å². The van der Waals surface area contributed by atoms with E-state index < -0.39 is 37.2 Å². The lowest BCUT2D eigenvalue weighted by molar-refractivity contribution is -0.146. The number of carbonyl (C=O) groups is 2. The normalized spacial score (nSPS) is 13.1. The molecule has 0 spiro atoms. The van der Waals surface area contributed by atoms with Gasteiger partial charge in [0.1, 0.15) is 12.1 Å². The van der Waals surface area contributed by atoms with Crippen molar-refractivity contribution in [2.75, 3.05) is 6.61 Å². The van der Waals surface area contributed by atoms with E-state index >= 15 is 0 Å². The number of amides is 1. The van der Waals surface area contributed by atoms with E-state index in [4.69, 9.17) is 10.8 Å². The number of hydrogen-bond donors (Lipinski definition) is 3. The fourth-order valence-corrected chi connectivity index (χ4v) is 1.58. The predicted octanol–water partition coefficient (Wildman–Crippen LogP) is 0.787. The summed E-state index contributed by atoms with van der Waals surface area (Å²) >= 11 is 0. The Hall–Kier alpha value is -1.77. The van der Waals surface area contributed by atoms with E-state index in [1.54, 1.807) is 30.3 Å². The molecule has 1 aromatic rings. The molecule has 1 amide bonds. The van der Waals surface area contributed by atoms with Crippen LogP contribution in [0, 0.1) is 0 Å². The second-order valence-corrected chi connectivity index (χ2v) is 4.29. The molecule has 1 aromatic carbocycles. The molecule has 0 saturated heterocycles. The van der Waals surface area contributed by atoms with Gasteiger partial charge in [-0.05, 0) is 5.56 Å². The molecule has 0 saturated carbocycles. The Bertz CT molecular complexity index is 476. The van der Waals surface area contributed by atoms with Crippen LogP contribution >= 0.6 is 12.4 Å². The molecule has 4 N–H and O–H groups in total. The summed E-state index contributed by atoms with van der Waals surface area (Å²) in [5.41, 5.74) is 6.05. The Morgan fingerprint density at radius 2 is 1.86 bits per heavy atom. The molecule has 22 heavy (non-hydrogen) atoms. The van der Waals surface area contributed by atoms with Crippen LogP contribution in [-0.2, 0) is 20.7 Å². The molecule has 0 fully saturated rings. The number of nitrogens with two attached hydrogens (primary N) is 1. The Labute approximate surface area is 132 Å². The molecule has 1 rings (SSSR count). The van der Waals surface area contributed by atoms with Crippen LogP contribution in [-0.4, -0.2) is 42.3 Å². The minimum absolute atomic E-state index is 0. The molecule has 0 aliphatic heterocycles. The van der Waals surface area contributed by atoms with Crippen LogP contribution in [0.15, 0.2) is 30.3 Å². The number of ether oxygens (including phenoxy) is 1. The average molecular weight is 339 g/mol. The van der Waals surface area contributed by atoms with Crippen molar-refractivity contribution in [3.8, 4) is 0 Å². The van der Waals surface area contributed by atoms with Gasteiger partial charge in [0, 0.05) is 6.42 Å². The summed E-state index contributed by atoms with van der Waals surface area (Å²) in [6.45, 7) is -3.73. The van der Waals surface area contributed by atoms with Gasteiger partial charge in [-0.1, -0.05) is 30.3 Å². The van der Waals surface area contributed by atoms with Crippen molar-refractivity contribution >= 4 is 24.3 Å². The first-order valence-electron chi connectivity index (χ1n) is 6.12. The number of rotatable bonds is 8. The van der Waals surface area contributed by atoms with Crippen molar-refractivity contribution in [3.05, 3.63) is 35.9 Å². The molecule has 0 radical (unpaired) electrons. The van der Waals surface area contributed by atoms with Gasteiger partial charge in [0.05, 0.1) is 6.61 Å².